The minimum atomic E-state index is -3.63. The second-order valence-corrected chi connectivity index (χ2v) is 7.62. The van der Waals surface area contributed by atoms with Crippen LogP contribution in [0, 0.1) is 17.6 Å². The molecule has 0 heterocycles. The van der Waals surface area contributed by atoms with Gasteiger partial charge in [0.05, 0.1) is 10.5 Å². The lowest BCUT2D eigenvalue weighted by atomic mass is 10.2. The highest BCUT2D eigenvalue weighted by atomic mass is 32.2. The number of hydrogen-bond acceptors (Lipinski definition) is 3. The average Bonchev–Trinajstić information content (AvgIpc) is 2.53. The zero-order valence-corrected chi connectivity index (χ0v) is 14.5. The molecule has 0 saturated carbocycles. The molecule has 0 saturated heterocycles. The van der Waals surface area contributed by atoms with Gasteiger partial charge in [-0.15, -0.1) is 0 Å². The zero-order chi connectivity index (χ0) is 18.6. The van der Waals surface area contributed by atoms with Gasteiger partial charge in [0, 0.05) is 18.3 Å². The van der Waals surface area contributed by atoms with Gasteiger partial charge in [-0.25, -0.2) is 21.9 Å². The topological polar surface area (TPSA) is 75.3 Å². The van der Waals surface area contributed by atoms with Gasteiger partial charge in [-0.05, 0) is 42.3 Å². The molecule has 0 unspecified atom stereocenters. The molecule has 8 heteroatoms. The fraction of sp³-hybridized carbons (Fsp3) is 0.235. The highest BCUT2D eigenvalue weighted by molar-refractivity contribution is 7.89. The first-order chi connectivity index (χ1) is 11.7. The van der Waals surface area contributed by atoms with E-state index in [0.717, 1.165) is 12.1 Å². The second kappa shape index (κ2) is 7.71. The van der Waals surface area contributed by atoms with Gasteiger partial charge in [-0.1, -0.05) is 13.8 Å². The number of rotatable bonds is 6. The van der Waals surface area contributed by atoms with E-state index in [2.05, 4.69) is 10.0 Å². The Morgan fingerprint density at radius 1 is 1.08 bits per heavy atom. The number of benzene rings is 2. The maximum absolute atomic E-state index is 13.6. The minimum Gasteiger partial charge on any atom is -0.322 e. The van der Waals surface area contributed by atoms with Gasteiger partial charge in [-0.3, -0.25) is 4.79 Å². The van der Waals surface area contributed by atoms with Crippen LogP contribution in [-0.2, 0) is 10.0 Å². The van der Waals surface area contributed by atoms with E-state index < -0.39 is 27.6 Å². The van der Waals surface area contributed by atoms with Crippen molar-refractivity contribution in [3.05, 3.63) is 59.7 Å². The summed E-state index contributed by atoms with van der Waals surface area (Å²) < 4.78 is 53.1. The molecule has 2 rings (SSSR count). The van der Waals surface area contributed by atoms with Gasteiger partial charge in [0.2, 0.25) is 10.0 Å². The summed E-state index contributed by atoms with van der Waals surface area (Å²) in [6.45, 7) is 4.08. The van der Waals surface area contributed by atoms with Crippen molar-refractivity contribution in [2.45, 2.75) is 18.7 Å². The van der Waals surface area contributed by atoms with Gasteiger partial charge >= 0.3 is 0 Å². The molecule has 0 atom stereocenters. The number of nitrogens with one attached hydrogen (secondary N) is 2. The van der Waals surface area contributed by atoms with Crippen LogP contribution in [0.25, 0.3) is 0 Å². The molecule has 2 N–H and O–H groups in total. The first kappa shape index (κ1) is 19.0. The lowest BCUT2D eigenvalue weighted by Crippen LogP contribution is -2.27. The van der Waals surface area contributed by atoms with Gasteiger partial charge in [0.25, 0.3) is 5.91 Å². The van der Waals surface area contributed by atoms with Crippen LogP contribution >= 0.6 is 0 Å². The molecule has 0 radical (unpaired) electrons. The quantitative estimate of drug-likeness (QED) is 0.822. The lowest BCUT2D eigenvalue weighted by Gasteiger charge is -2.10. The number of hydrogen-bond donors (Lipinski definition) is 2. The Balaban J connectivity index is 2.11. The zero-order valence-electron chi connectivity index (χ0n) is 13.7. The Bertz CT molecular complexity index is 866. The molecule has 2 aromatic rings. The Hall–Kier alpha value is -2.32. The lowest BCUT2D eigenvalue weighted by molar-refractivity contribution is 0.102. The van der Waals surface area contributed by atoms with Gasteiger partial charge in [-0.2, -0.15) is 0 Å². The first-order valence-electron chi connectivity index (χ1n) is 7.55. The third-order valence-electron chi connectivity index (χ3n) is 3.28. The summed E-state index contributed by atoms with van der Waals surface area (Å²) in [7, 11) is -3.63. The van der Waals surface area contributed by atoms with Crippen molar-refractivity contribution < 1.29 is 22.0 Å². The number of carbonyl (C=O) groups is 1. The van der Waals surface area contributed by atoms with E-state index >= 15 is 0 Å². The van der Waals surface area contributed by atoms with Crippen LogP contribution in [0.1, 0.15) is 24.2 Å². The average molecular weight is 368 g/mol. The van der Waals surface area contributed by atoms with E-state index in [4.69, 9.17) is 0 Å². The monoisotopic (exact) mass is 368 g/mol. The van der Waals surface area contributed by atoms with E-state index in [1.807, 2.05) is 13.8 Å². The van der Waals surface area contributed by atoms with E-state index in [0.29, 0.717) is 12.6 Å². The van der Waals surface area contributed by atoms with Gasteiger partial charge < -0.3 is 5.32 Å². The molecule has 25 heavy (non-hydrogen) atoms. The van der Waals surface area contributed by atoms with Crippen molar-refractivity contribution in [3.8, 4) is 0 Å². The number of carbonyl (C=O) groups excluding carboxylic acids is 1. The molecule has 134 valence electrons. The molecule has 0 aliphatic heterocycles. The van der Waals surface area contributed by atoms with Crippen molar-refractivity contribution in [1.82, 2.24) is 4.72 Å². The van der Waals surface area contributed by atoms with E-state index in [1.165, 1.54) is 24.3 Å². The minimum absolute atomic E-state index is 0.0547. The van der Waals surface area contributed by atoms with Crippen molar-refractivity contribution >= 4 is 21.6 Å². The second-order valence-electron chi connectivity index (χ2n) is 5.85. The van der Waals surface area contributed by atoms with Crippen LogP contribution in [-0.4, -0.2) is 20.9 Å². The van der Waals surface area contributed by atoms with Crippen LogP contribution in [0.3, 0.4) is 0 Å². The first-order valence-corrected chi connectivity index (χ1v) is 9.03. The van der Waals surface area contributed by atoms with Crippen molar-refractivity contribution in [2.24, 2.45) is 5.92 Å². The summed E-state index contributed by atoms with van der Waals surface area (Å²) in [6, 6.07) is 8.08. The SMILES string of the molecule is CC(C)CNS(=O)(=O)c1ccc(NC(=O)c2ccc(F)cc2F)cc1. The maximum Gasteiger partial charge on any atom is 0.258 e. The van der Waals surface area contributed by atoms with Crippen LogP contribution in [0.2, 0.25) is 0 Å². The molecular weight excluding hydrogens is 350 g/mol. The molecular formula is C17H18F2N2O3S. The molecule has 5 nitrogen and oxygen atoms in total. The smallest absolute Gasteiger partial charge is 0.258 e. The van der Waals surface area contributed by atoms with Crippen LogP contribution < -0.4 is 10.0 Å². The van der Waals surface area contributed by atoms with Crippen molar-refractivity contribution in [2.75, 3.05) is 11.9 Å². The van der Waals surface area contributed by atoms with Crippen LogP contribution in [0.4, 0.5) is 14.5 Å². The number of amides is 1. The highest BCUT2D eigenvalue weighted by Crippen LogP contribution is 2.16. The molecule has 0 spiro atoms. The Kier molecular flexibility index (Phi) is 5.86. The number of anilines is 1. The molecule has 0 aromatic heterocycles. The predicted octanol–water partition coefficient (Wildman–Crippen LogP) is 3.15. The molecule has 0 aliphatic rings. The van der Waals surface area contributed by atoms with Gasteiger partial charge in [0.15, 0.2) is 0 Å². The Morgan fingerprint density at radius 3 is 2.28 bits per heavy atom. The summed E-state index contributed by atoms with van der Waals surface area (Å²) in [5, 5.41) is 2.43. The summed E-state index contributed by atoms with van der Waals surface area (Å²) >= 11 is 0. The molecule has 2 aromatic carbocycles. The third kappa shape index (κ3) is 5.07. The molecule has 1 amide bonds. The van der Waals surface area contributed by atoms with Crippen molar-refractivity contribution in [3.63, 3.8) is 0 Å². The summed E-state index contributed by atoms with van der Waals surface area (Å²) in [5.41, 5.74) is -0.0202. The standard InChI is InChI=1S/C17H18F2N2O3S/c1-11(2)10-20-25(23,24)14-6-4-13(5-7-14)21-17(22)15-8-3-12(18)9-16(15)19/h3-9,11,20H,10H2,1-2H3,(H,21,22). The molecule has 0 fully saturated rings. The number of sulfonamides is 1. The Morgan fingerprint density at radius 2 is 1.72 bits per heavy atom. The summed E-state index contributed by atoms with van der Waals surface area (Å²) in [4.78, 5) is 12.1. The predicted molar refractivity (Wildman–Crippen MR) is 90.8 cm³/mol. The maximum atomic E-state index is 13.6. The fourth-order valence-corrected chi connectivity index (χ4v) is 3.16. The highest BCUT2D eigenvalue weighted by Gasteiger charge is 2.15. The molecule has 0 aliphatic carbocycles. The summed E-state index contributed by atoms with van der Waals surface area (Å²) in [5.74, 6) is -2.35. The number of halogens is 2. The van der Waals surface area contributed by atoms with E-state index in [9.17, 15) is 22.0 Å². The van der Waals surface area contributed by atoms with E-state index in [-0.39, 0.29) is 22.1 Å². The third-order valence-corrected chi connectivity index (χ3v) is 4.72. The van der Waals surface area contributed by atoms with Crippen molar-refractivity contribution in [1.29, 1.82) is 0 Å². The normalized spacial score (nSPS) is 11.6. The largest absolute Gasteiger partial charge is 0.322 e. The fourth-order valence-electron chi connectivity index (χ4n) is 1.95. The Labute approximate surface area is 145 Å². The van der Waals surface area contributed by atoms with Gasteiger partial charge in [0.1, 0.15) is 11.6 Å². The summed E-state index contributed by atoms with van der Waals surface area (Å²) in [6.07, 6.45) is 0. The van der Waals surface area contributed by atoms with E-state index in [1.54, 1.807) is 0 Å². The van der Waals surface area contributed by atoms with Crippen LogP contribution in [0.15, 0.2) is 47.4 Å². The molecule has 0 bridgehead atoms. The van der Waals surface area contributed by atoms with Crippen LogP contribution in [0.5, 0.6) is 0 Å².